The van der Waals surface area contributed by atoms with Crippen LogP contribution in [0.2, 0.25) is 0 Å². The first-order valence-corrected chi connectivity index (χ1v) is 6.39. The number of ether oxygens (including phenoxy) is 2. The van der Waals surface area contributed by atoms with Gasteiger partial charge in [0.2, 0.25) is 0 Å². The molecule has 0 spiro atoms. The number of carbonyl (C=O) groups excluding carboxylic acids is 1. The Morgan fingerprint density at radius 3 is 2.76 bits per heavy atom. The SMILES string of the molecule is CCCNC(CCN1CCOCC1)C(=O)OC. The van der Waals surface area contributed by atoms with Crippen LogP contribution < -0.4 is 5.32 Å². The van der Waals surface area contributed by atoms with Crippen molar-refractivity contribution >= 4 is 5.97 Å². The zero-order chi connectivity index (χ0) is 12.5. The molecule has 1 unspecified atom stereocenters. The van der Waals surface area contributed by atoms with E-state index in [-0.39, 0.29) is 12.0 Å². The van der Waals surface area contributed by atoms with Crippen molar-refractivity contribution in [2.24, 2.45) is 0 Å². The van der Waals surface area contributed by atoms with Crippen LogP contribution in [0.4, 0.5) is 0 Å². The molecule has 1 N–H and O–H groups in total. The molecule has 1 atom stereocenters. The van der Waals surface area contributed by atoms with Gasteiger partial charge in [0.25, 0.3) is 0 Å². The van der Waals surface area contributed by atoms with Gasteiger partial charge in [-0.15, -0.1) is 0 Å². The maximum atomic E-state index is 11.6. The molecule has 1 fully saturated rings. The van der Waals surface area contributed by atoms with Crippen molar-refractivity contribution in [2.45, 2.75) is 25.8 Å². The highest BCUT2D eigenvalue weighted by molar-refractivity contribution is 5.75. The van der Waals surface area contributed by atoms with E-state index in [2.05, 4.69) is 17.1 Å². The summed E-state index contributed by atoms with van der Waals surface area (Å²) in [4.78, 5) is 13.9. The van der Waals surface area contributed by atoms with E-state index in [1.54, 1.807) is 0 Å². The molecule has 0 aliphatic carbocycles. The fourth-order valence-electron chi connectivity index (χ4n) is 1.90. The first-order valence-electron chi connectivity index (χ1n) is 6.39. The lowest BCUT2D eigenvalue weighted by molar-refractivity contribution is -0.143. The van der Waals surface area contributed by atoms with Crippen LogP contribution in [0.3, 0.4) is 0 Å². The third kappa shape index (κ3) is 5.48. The summed E-state index contributed by atoms with van der Waals surface area (Å²) in [5.41, 5.74) is 0. The van der Waals surface area contributed by atoms with E-state index in [9.17, 15) is 4.79 Å². The lowest BCUT2D eigenvalue weighted by atomic mass is 10.2. The lowest BCUT2D eigenvalue weighted by Crippen LogP contribution is -2.43. The van der Waals surface area contributed by atoms with Crippen LogP contribution in [0.25, 0.3) is 0 Å². The quantitative estimate of drug-likeness (QED) is 0.651. The van der Waals surface area contributed by atoms with Crippen molar-refractivity contribution in [1.29, 1.82) is 0 Å². The van der Waals surface area contributed by atoms with Gasteiger partial charge < -0.3 is 14.8 Å². The van der Waals surface area contributed by atoms with Crippen molar-refractivity contribution in [3.8, 4) is 0 Å². The maximum absolute atomic E-state index is 11.6. The van der Waals surface area contributed by atoms with Gasteiger partial charge in [-0.25, -0.2) is 0 Å². The molecule has 1 aliphatic heterocycles. The smallest absolute Gasteiger partial charge is 0.322 e. The minimum absolute atomic E-state index is 0.160. The Kier molecular flexibility index (Phi) is 7.16. The molecular formula is C12H24N2O3. The Morgan fingerprint density at radius 1 is 1.47 bits per heavy atom. The second-order valence-corrected chi connectivity index (χ2v) is 4.27. The van der Waals surface area contributed by atoms with Crippen LogP contribution in [0.5, 0.6) is 0 Å². The molecule has 1 saturated heterocycles. The molecule has 100 valence electrons. The number of methoxy groups -OCH3 is 1. The summed E-state index contributed by atoms with van der Waals surface area (Å²) < 4.78 is 10.1. The van der Waals surface area contributed by atoms with Crippen LogP contribution in [-0.4, -0.2) is 63.4 Å². The molecule has 5 heteroatoms. The normalized spacial score (nSPS) is 18.9. The fourth-order valence-corrected chi connectivity index (χ4v) is 1.90. The highest BCUT2D eigenvalue weighted by Gasteiger charge is 2.20. The van der Waals surface area contributed by atoms with E-state index in [0.717, 1.165) is 52.2 Å². The minimum Gasteiger partial charge on any atom is -0.468 e. The maximum Gasteiger partial charge on any atom is 0.322 e. The molecule has 0 amide bonds. The molecule has 0 radical (unpaired) electrons. The lowest BCUT2D eigenvalue weighted by Gasteiger charge is -2.28. The summed E-state index contributed by atoms with van der Waals surface area (Å²) in [6.45, 7) is 7.37. The Hall–Kier alpha value is -0.650. The average Bonchev–Trinajstić information content (AvgIpc) is 2.39. The van der Waals surface area contributed by atoms with Gasteiger partial charge in [-0.1, -0.05) is 6.92 Å². The van der Waals surface area contributed by atoms with E-state index < -0.39 is 0 Å². The summed E-state index contributed by atoms with van der Waals surface area (Å²) in [6, 6.07) is -0.178. The molecular weight excluding hydrogens is 220 g/mol. The Morgan fingerprint density at radius 2 is 2.18 bits per heavy atom. The Labute approximate surface area is 103 Å². The Balaban J connectivity index is 2.28. The molecule has 17 heavy (non-hydrogen) atoms. The average molecular weight is 244 g/mol. The number of esters is 1. The van der Waals surface area contributed by atoms with Crippen molar-refractivity contribution in [3.05, 3.63) is 0 Å². The van der Waals surface area contributed by atoms with Gasteiger partial charge in [-0.3, -0.25) is 9.69 Å². The van der Waals surface area contributed by atoms with Gasteiger partial charge in [0, 0.05) is 19.6 Å². The van der Waals surface area contributed by atoms with Gasteiger partial charge in [0.05, 0.1) is 20.3 Å². The highest BCUT2D eigenvalue weighted by atomic mass is 16.5. The van der Waals surface area contributed by atoms with Gasteiger partial charge in [-0.05, 0) is 19.4 Å². The van der Waals surface area contributed by atoms with Crippen molar-refractivity contribution in [3.63, 3.8) is 0 Å². The molecule has 1 heterocycles. The molecule has 0 aromatic carbocycles. The number of hydrogen-bond acceptors (Lipinski definition) is 5. The third-order valence-corrected chi connectivity index (χ3v) is 2.96. The Bertz CT molecular complexity index is 218. The number of nitrogens with one attached hydrogen (secondary N) is 1. The highest BCUT2D eigenvalue weighted by Crippen LogP contribution is 2.02. The molecule has 1 aliphatic rings. The van der Waals surface area contributed by atoms with E-state index in [1.807, 2.05) is 0 Å². The van der Waals surface area contributed by atoms with Gasteiger partial charge in [-0.2, -0.15) is 0 Å². The monoisotopic (exact) mass is 244 g/mol. The van der Waals surface area contributed by atoms with Gasteiger partial charge in [0.15, 0.2) is 0 Å². The molecule has 0 bridgehead atoms. The van der Waals surface area contributed by atoms with E-state index in [1.165, 1.54) is 7.11 Å². The zero-order valence-electron chi connectivity index (χ0n) is 10.9. The van der Waals surface area contributed by atoms with Crippen LogP contribution in [0, 0.1) is 0 Å². The van der Waals surface area contributed by atoms with Crippen molar-refractivity contribution in [2.75, 3.05) is 46.5 Å². The topological polar surface area (TPSA) is 50.8 Å². The first-order chi connectivity index (χ1) is 8.27. The second-order valence-electron chi connectivity index (χ2n) is 4.27. The predicted molar refractivity (Wildman–Crippen MR) is 66.0 cm³/mol. The minimum atomic E-state index is -0.178. The van der Waals surface area contributed by atoms with Crippen molar-refractivity contribution < 1.29 is 14.3 Å². The van der Waals surface area contributed by atoms with E-state index >= 15 is 0 Å². The summed E-state index contributed by atoms with van der Waals surface area (Å²) in [7, 11) is 1.44. The van der Waals surface area contributed by atoms with Crippen LogP contribution in [-0.2, 0) is 14.3 Å². The number of rotatable bonds is 7. The van der Waals surface area contributed by atoms with E-state index in [4.69, 9.17) is 9.47 Å². The van der Waals surface area contributed by atoms with Crippen LogP contribution in [0.1, 0.15) is 19.8 Å². The second kappa shape index (κ2) is 8.44. The van der Waals surface area contributed by atoms with Gasteiger partial charge in [0.1, 0.15) is 6.04 Å². The molecule has 0 aromatic rings. The third-order valence-electron chi connectivity index (χ3n) is 2.96. The van der Waals surface area contributed by atoms with E-state index in [0.29, 0.717) is 0 Å². The standard InChI is InChI=1S/C12H24N2O3/c1-3-5-13-11(12(15)16-2)4-6-14-7-9-17-10-8-14/h11,13H,3-10H2,1-2H3. The number of morpholine rings is 1. The summed E-state index contributed by atoms with van der Waals surface area (Å²) in [6.07, 6.45) is 1.82. The number of nitrogens with zero attached hydrogens (tertiary/aromatic N) is 1. The molecule has 0 saturated carbocycles. The molecule has 5 nitrogen and oxygen atoms in total. The largest absolute Gasteiger partial charge is 0.468 e. The van der Waals surface area contributed by atoms with Gasteiger partial charge >= 0.3 is 5.97 Å². The van der Waals surface area contributed by atoms with Crippen LogP contribution in [0.15, 0.2) is 0 Å². The first kappa shape index (κ1) is 14.4. The fraction of sp³-hybridized carbons (Fsp3) is 0.917. The van der Waals surface area contributed by atoms with Crippen LogP contribution >= 0.6 is 0 Å². The number of carbonyl (C=O) groups is 1. The summed E-state index contributed by atoms with van der Waals surface area (Å²) in [5.74, 6) is -0.160. The number of hydrogen-bond donors (Lipinski definition) is 1. The summed E-state index contributed by atoms with van der Waals surface area (Å²) in [5, 5.41) is 3.23. The zero-order valence-corrected chi connectivity index (χ0v) is 10.9. The molecule has 1 rings (SSSR count). The molecule has 0 aromatic heterocycles. The van der Waals surface area contributed by atoms with Crippen molar-refractivity contribution in [1.82, 2.24) is 10.2 Å². The predicted octanol–water partition coefficient (Wildman–Crippen LogP) is 0.250. The summed E-state index contributed by atoms with van der Waals surface area (Å²) >= 11 is 0.